The van der Waals surface area contributed by atoms with Crippen molar-refractivity contribution in [1.82, 2.24) is 5.32 Å². The van der Waals surface area contributed by atoms with Crippen molar-refractivity contribution in [3.05, 3.63) is 85.1 Å². The molecule has 70 heavy (non-hydrogen) atoms. The largest absolute Gasteiger partial charge is 0.458 e. The topological polar surface area (TPSA) is 95.9 Å². The normalized spacial score (nSPS) is 13.7. The van der Waals surface area contributed by atoms with E-state index >= 15 is 0 Å². The Balaban J connectivity index is 4.70. The van der Waals surface area contributed by atoms with Gasteiger partial charge in [0.15, 0.2) is 0 Å². The minimum Gasteiger partial charge on any atom is -0.458 e. The molecule has 1 amide bonds. The number of ether oxygens (including phenoxy) is 1. The number of carbonyl (C=O) groups excluding carboxylic acids is 2. The maximum Gasteiger partial charge on any atom is 0.306 e. The molecule has 0 saturated carbocycles. The van der Waals surface area contributed by atoms with Crippen LogP contribution < -0.4 is 5.32 Å². The van der Waals surface area contributed by atoms with Crippen LogP contribution in [0.4, 0.5) is 0 Å². The van der Waals surface area contributed by atoms with Crippen LogP contribution in [-0.4, -0.2) is 46.9 Å². The van der Waals surface area contributed by atoms with E-state index in [0.29, 0.717) is 19.3 Å². The Morgan fingerprint density at radius 2 is 0.800 bits per heavy atom. The Bertz CT molecular complexity index is 1330. The summed E-state index contributed by atoms with van der Waals surface area (Å²) in [6.07, 6.45) is 75.4. The lowest BCUT2D eigenvalue weighted by molar-refractivity contribution is -0.148. The maximum absolute atomic E-state index is 13.3. The van der Waals surface area contributed by atoms with Gasteiger partial charge in [0, 0.05) is 6.42 Å². The molecule has 3 N–H and O–H groups in total. The van der Waals surface area contributed by atoms with Gasteiger partial charge in [-0.2, -0.15) is 0 Å². The molecule has 3 unspecified atom stereocenters. The Labute approximate surface area is 433 Å². The van der Waals surface area contributed by atoms with Crippen molar-refractivity contribution in [2.24, 2.45) is 0 Å². The van der Waals surface area contributed by atoms with Crippen molar-refractivity contribution < 1.29 is 24.5 Å². The van der Waals surface area contributed by atoms with E-state index in [1.807, 2.05) is 12.2 Å². The third-order valence-corrected chi connectivity index (χ3v) is 13.2. The zero-order chi connectivity index (χ0) is 50.9. The summed E-state index contributed by atoms with van der Waals surface area (Å²) in [5.74, 6) is -0.631. The van der Waals surface area contributed by atoms with Crippen molar-refractivity contribution in [3.63, 3.8) is 0 Å². The van der Waals surface area contributed by atoms with E-state index in [4.69, 9.17) is 4.74 Å². The highest BCUT2D eigenvalue weighted by molar-refractivity contribution is 5.78. The Morgan fingerprint density at radius 1 is 0.443 bits per heavy atom. The van der Waals surface area contributed by atoms with Crippen LogP contribution in [0.2, 0.25) is 0 Å². The fourth-order valence-electron chi connectivity index (χ4n) is 8.72. The monoisotopic (exact) mass is 976 g/mol. The Morgan fingerprint density at radius 3 is 1.20 bits per heavy atom. The van der Waals surface area contributed by atoms with Crippen LogP contribution in [0.5, 0.6) is 0 Å². The molecule has 6 nitrogen and oxygen atoms in total. The summed E-state index contributed by atoms with van der Waals surface area (Å²) >= 11 is 0. The van der Waals surface area contributed by atoms with E-state index in [1.165, 1.54) is 167 Å². The molecular formula is C64H113NO5. The van der Waals surface area contributed by atoms with Crippen LogP contribution in [0, 0.1) is 0 Å². The summed E-state index contributed by atoms with van der Waals surface area (Å²) in [6.45, 7) is 6.36. The highest BCUT2D eigenvalue weighted by Crippen LogP contribution is 2.17. The van der Waals surface area contributed by atoms with Crippen LogP contribution in [0.3, 0.4) is 0 Å². The van der Waals surface area contributed by atoms with E-state index < -0.39 is 18.2 Å². The van der Waals surface area contributed by atoms with Crippen molar-refractivity contribution in [1.29, 1.82) is 0 Å². The number of aliphatic hydroxyl groups is 2. The van der Waals surface area contributed by atoms with Crippen LogP contribution in [-0.2, 0) is 14.3 Å². The van der Waals surface area contributed by atoms with Crippen molar-refractivity contribution >= 4 is 11.9 Å². The molecule has 6 heteroatoms. The lowest BCUT2D eigenvalue weighted by Gasteiger charge is -2.23. The molecule has 0 fully saturated rings. The lowest BCUT2D eigenvalue weighted by Crippen LogP contribution is -2.46. The lowest BCUT2D eigenvalue weighted by atomic mass is 10.0. The standard InChI is InChI=1S/C64H113NO5/c1-4-7-10-13-16-19-22-25-28-31-34-37-40-43-46-49-52-55-60(70-64(69)57-54-51-48-45-42-39-36-33-30-27-24-21-18-15-12-9-6-3)58-63(68)65-61(59-66)62(67)56-53-50-47-44-41-38-35-32-29-26-23-20-17-14-11-8-5-2/h7,10,16,19,25,27-28,30,34,37,43,46,52,55,60-62,66-67H,4-6,8-9,11-15,17-18,20-24,26,29,31-33,35-36,38-42,44-45,47-51,53-54,56-59H2,1-3H3,(H,65,68)/b10-7-,19-16-,28-25-,30-27+,37-34-,46-43-,55-52-. The second-order valence-electron chi connectivity index (χ2n) is 20.0. The molecule has 0 saturated heterocycles. The van der Waals surface area contributed by atoms with Gasteiger partial charge in [-0.05, 0) is 83.1 Å². The molecule has 404 valence electrons. The summed E-state index contributed by atoms with van der Waals surface area (Å²) < 4.78 is 5.85. The zero-order valence-corrected chi connectivity index (χ0v) is 46.1. The zero-order valence-electron chi connectivity index (χ0n) is 46.1. The maximum atomic E-state index is 13.3. The van der Waals surface area contributed by atoms with Gasteiger partial charge in [0.25, 0.3) is 0 Å². The SMILES string of the molecule is CC/C=C\C/C=C\C/C=C\C/C=C\C/C=C\C/C=C\C(CC(=O)NC(CO)C(O)CCCCCCCCCCCCCCCCCCC)OC(=O)CCCCCCCCC/C=C/CCCCCCCC. The number of rotatable bonds is 53. The highest BCUT2D eigenvalue weighted by atomic mass is 16.5. The summed E-state index contributed by atoms with van der Waals surface area (Å²) in [6, 6.07) is -0.749. The first-order valence-corrected chi connectivity index (χ1v) is 29.8. The molecular weight excluding hydrogens is 863 g/mol. The van der Waals surface area contributed by atoms with Crippen molar-refractivity contribution in [2.75, 3.05) is 6.61 Å². The van der Waals surface area contributed by atoms with Gasteiger partial charge in [-0.15, -0.1) is 0 Å². The van der Waals surface area contributed by atoms with Gasteiger partial charge in [0.05, 0.1) is 25.2 Å². The molecule has 0 aliphatic rings. The highest BCUT2D eigenvalue weighted by Gasteiger charge is 2.23. The van der Waals surface area contributed by atoms with Crippen LogP contribution >= 0.6 is 0 Å². The first kappa shape index (κ1) is 67.0. The molecule has 0 aliphatic carbocycles. The molecule has 0 rings (SSSR count). The van der Waals surface area contributed by atoms with Crippen molar-refractivity contribution in [3.8, 4) is 0 Å². The average molecular weight is 977 g/mol. The number of hydrogen-bond donors (Lipinski definition) is 3. The minimum atomic E-state index is -0.825. The first-order valence-electron chi connectivity index (χ1n) is 29.8. The number of esters is 1. The van der Waals surface area contributed by atoms with Crippen LogP contribution in [0.1, 0.15) is 284 Å². The Kier molecular flexibility index (Phi) is 54.5. The van der Waals surface area contributed by atoms with Crippen LogP contribution in [0.25, 0.3) is 0 Å². The van der Waals surface area contributed by atoms with Gasteiger partial charge in [-0.3, -0.25) is 9.59 Å². The van der Waals surface area contributed by atoms with Crippen LogP contribution in [0.15, 0.2) is 85.1 Å². The summed E-state index contributed by atoms with van der Waals surface area (Å²) in [7, 11) is 0. The van der Waals surface area contributed by atoms with Gasteiger partial charge in [-0.1, -0.05) is 273 Å². The van der Waals surface area contributed by atoms with E-state index in [-0.39, 0.29) is 24.9 Å². The predicted octanol–water partition coefficient (Wildman–Crippen LogP) is 18.7. The number of amides is 1. The van der Waals surface area contributed by atoms with Gasteiger partial charge in [0.1, 0.15) is 6.10 Å². The molecule has 0 spiro atoms. The third-order valence-electron chi connectivity index (χ3n) is 13.2. The van der Waals surface area contributed by atoms with E-state index in [9.17, 15) is 19.8 Å². The summed E-state index contributed by atoms with van der Waals surface area (Å²) in [5.41, 5.74) is 0. The second kappa shape index (κ2) is 56.9. The molecule has 0 aromatic carbocycles. The number of carbonyl (C=O) groups is 2. The predicted molar refractivity (Wildman–Crippen MR) is 305 cm³/mol. The number of nitrogens with one attached hydrogen (secondary N) is 1. The summed E-state index contributed by atoms with van der Waals surface area (Å²) in [5, 5.41) is 23.9. The number of aliphatic hydroxyl groups excluding tert-OH is 2. The minimum absolute atomic E-state index is 0.0511. The quantitative estimate of drug-likeness (QED) is 0.0321. The van der Waals surface area contributed by atoms with E-state index in [1.54, 1.807) is 0 Å². The van der Waals surface area contributed by atoms with Gasteiger partial charge < -0.3 is 20.3 Å². The van der Waals surface area contributed by atoms with Gasteiger partial charge >= 0.3 is 5.97 Å². The fourth-order valence-corrected chi connectivity index (χ4v) is 8.72. The molecule has 0 heterocycles. The molecule has 3 atom stereocenters. The first-order chi connectivity index (χ1) is 34.5. The average Bonchev–Trinajstić information content (AvgIpc) is 3.35. The fraction of sp³-hybridized carbons (Fsp3) is 0.750. The molecule has 0 aliphatic heterocycles. The molecule has 0 radical (unpaired) electrons. The smallest absolute Gasteiger partial charge is 0.306 e. The molecule has 0 aromatic heterocycles. The van der Waals surface area contributed by atoms with E-state index in [0.717, 1.165) is 70.6 Å². The third kappa shape index (κ3) is 51.4. The number of hydrogen-bond acceptors (Lipinski definition) is 5. The van der Waals surface area contributed by atoms with Gasteiger partial charge in [0.2, 0.25) is 5.91 Å². The second-order valence-corrected chi connectivity index (χ2v) is 20.0. The molecule has 0 bridgehead atoms. The number of unbranched alkanes of at least 4 members (excludes halogenated alkanes) is 29. The van der Waals surface area contributed by atoms with Crippen molar-refractivity contribution in [2.45, 2.75) is 302 Å². The molecule has 0 aromatic rings. The number of allylic oxidation sites excluding steroid dienone is 13. The van der Waals surface area contributed by atoms with E-state index in [2.05, 4.69) is 99.0 Å². The Hall–Kier alpha value is -2.96. The van der Waals surface area contributed by atoms with Gasteiger partial charge in [-0.25, -0.2) is 0 Å². The summed E-state index contributed by atoms with van der Waals surface area (Å²) in [4.78, 5) is 26.2.